The molecule has 2 aromatic rings. The lowest BCUT2D eigenvalue weighted by Gasteiger charge is -2.35. The molecule has 1 saturated heterocycles. The average molecular weight is 414 g/mol. The minimum atomic E-state index is -4.69. The van der Waals surface area contributed by atoms with Gasteiger partial charge >= 0.3 is 6.18 Å². The first-order valence-electron chi connectivity index (χ1n) is 8.75. The molecule has 0 radical (unpaired) electrons. The molecule has 11 heteroatoms. The van der Waals surface area contributed by atoms with Crippen LogP contribution in [-0.2, 0) is 17.5 Å². The van der Waals surface area contributed by atoms with Gasteiger partial charge < -0.3 is 10.7 Å². The minimum Gasteiger partial charge on any atom is -0.339 e. The number of carbonyl (C=O) groups excluding carboxylic acids is 1. The molecule has 1 amide bonds. The highest BCUT2D eigenvalue weighted by Gasteiger charge is 2.39. The van der Waals surface area contributed by atoms with Crippen LogP contribution in [0.5, 0.6) is 0 Å². The first-order chi connectivity index (χ1) is 13.3. The number of thioether (sulfide) groups is 1. The Balaban J connectivity index is 1.53. The molecule has 28 heavy (non-hydrogen) atoms. The van der Waals surface area contributed by atoms with Crippen molar-refractivity contribution in [3.8, 4) is 0 Å². The van der Waals surface area contributed by atoms with E-state index in [1.54, 1.807) is 11.8 Å². The number of halogens is 3. The van der Waals surface area contributed by atoms with Crippen molar-refractivity contribution in [3.63, 3.8) is 0 Å². The largest absolute Gasteiger partial charge is 0.453 e. The molecule has 2 N–H and O–H groups in total. The monoisotopic (exact) mass is 414 g/mol. The van der Waals surface area contributed by atoms with E-state index >= 15 is 0 Å². The maximum Gasteiger partial charge on any atom is 0.453 e. The fourth-order valence-corrected chi connectivity index (χ4v) is 3.84. The summed E-state index contributed by atoms with van der Waals surface area (Å²) in [5, 5.41) is 5.77. The summed E-state index contributed by atoms with van der Waals surface area (Å²) < 4.78 is 38.6. The molecule has 0 bridgehead atoms. The van der Waals surface area contributed by atoms with Crippen LogP contribution in [0.15, 0.2) is 35.5 Å². The van der Waals surface area contributed by atoms with Crippen molar-refractivity contribution in [2.75, 3.05) is 32.0 Å². The quantitative estimate of drug-likeness (QED) is 0.594. The van der Waals surface area contributed by atoms with Gasteiger partial charge in [-0.25, -0.2) is 4.68 Å². The van der Waals surface area contributed by atoms with Crippen LogP contribution < -0.4 is 5.84 Å². The number of nitrogens with zero attached hydrogens (tertiary/aromatic N) is 5. The maximum atomic E-state index is 12.7. The minimum absolute atomic E-state index is 0.143. The molecule has 0 aliphatic carbocycles. The Labute approximate surface area is 164 Å². The smallest absolute Gasteiger partial charge is 0.339 e. The van der Waals surface area contributed by atoms with Crippen LogP contribution in [0.3, 0.4) is 0 Å². The molecule has 3 rings (SSSR count). The number of carbonyl (C=O) groups is 1. The number of hydrogen-bond donors (Lipinski definition) is 1. The molecule has 0 saturated carbocycles. The van der Waals surface area contributed by atoms with Crippen molar-refractivity contribution in [1.29, 1.82) is 0 Å². The van der Waals surface area contributed by atoms with Gasteiger partial charge in [0.05, 0.1) is 5.25 Å². The van der Waals surface area contributed by atoms with Crippen LogP contribution in [0, 0.1) is 0 Å². The Morgan fingerprint density at radius 3 is 2.39 bits per heavy atom. The second kappa shape index (κ2) is 8.39. The van der Waals surface area contributed by atoms with Gasteiger partial charge in [-0.05, 0) is 12.5 Å². The van der Waals surface area contributed by atoms with Gasteiger partial charge in [-0.2, -0.15) is 13.2 Å². The highest BCUT2D eigenvalue weighted by molar-refractivity contribution is 8.00. The fraction of sp³-hybridized carbons (Fsp3) is 0.471. The molecule has 2 heterocycles. The van der Waals surface area contributed by atoms with Gasteiger partial charge in [0, 0.05) is 32.7 Å². The number of benzene rings is 1. The zero-order chi connectivity index (χ0) is 20.3. The summed E-state index contributed by atoms with van der Waals surface area (Å²) in [6, 6.07) is 10.1. The molecule has 1 fully saturated rings. The molecule has 152 valence electrons. The number of rotatable bonds is 5. The summed E-state index contributed by atoms with van der Waals surface area (Å²) in [5.74, 6) is 3.99. The molecule has 1 atom stereocenters. The Morgan fingerprint density at radius 1 is 1.18 bits per heavy atom. The number of nitrogen functional groups attached to an aromatic ring is 1. The molecule has 1 unspecified atom stereocenters. The van der Waals surface area contributed by atoms with Gasteiger partial charge in [0.1, 0.15) is 0 Å². The van der Waals surface area contributed by atoms with E-state index in [-0.39, 0.29) is 11.1 Å². The lowest BCUT2D eigenvalue weighted by atomic mass is 10.2. The lowest BCUT2D eigenvalue weighted by molar-refractivity contribution is -0.146. The van der Waals surface area contributed by atoms with Crippen LogP contribution in [0.25, 0.3) is 0 Å². The Kier molecular flexibility index (Phi) is 6.14. The van der Waals surface area contributed by atoms with Crippen molar-refractivity contribution in [2.24, 2.45) is 0 Å². The van der Waals surface area contributed by atoms with Gasteiger partial charge in [-0.3, -0.25) is 9.69 Å². The SMILES string of the molecule is CC(Sc1nnc(C(F)(F)F)n1N)C(=O)N1CCN(Cc2ccccc2)CC1. The maximum absolute atomic E-state index is 12.7. The van der Waals surface area contributed by atoms with E-state index in [0.717, 1.165) is 31.4 Å². The number of amides is 1. The van der Waals surface area contributed by atoms with Crippen molar-refractivity contribution in [2.45, 2.75) is 30.1 Å². The number of hydrogen-bond acceptors (Lipinski definition) is 6. The third kappa shape index (κ3) is 4.76. The van der Waals surface area contributed by atoms with E-state index in [2.05, 4.69) is 27.2 Å². The van der Waals surface area contributed by atoms with Crippen LogP contribution in [0.4, 0.5) is 13.2 Å². The zero-order valence-corrected chi connectivity index (χ0v) is 16.1. The summed E-state index contributed by atoms with van der Waals surface area (Å²) >= 11 is 0.872. The van der Waals surface area contributed by atoms with Gasteiger partial charge in [0.25, 0.3) is 5.82 Å². The lowest BCUT2D eigenvalue weighted by Crippen LogP contribution is -2.50. The molecular formula is C17H21F3N6OS. The van der Waals surface area contributed by atoms with Crippen LogP contribution in [0.1, 0.15) is 18.3 Å². The highest BCUT2D eigenvalue weighted by atomic mass is 32.2. The van der Waals surface area contributed by atoms with Crippen LogP contribution >= 0.6 is 11.8 Å². The van der Waals surface area contributed by atoms with E-state index in [1.807, 2.05) is 18.2 Å². The number of alkyl halides is 3. The normalized spacial score (nSPS) is 16.9. The van der Waals surface area contributed by atoms with Gasteiger partial charge in [-0.15, -0.1) is 10.2 Å². The van der Waals surface area contributed by atoms with E-state index in [0.29, 0.717) is 17.8 Å². The summed E-state index contributed by atoms with van der Waals surface area (Å²) in [6.45, 7) is 5.07. The Bertz CT molecular complexity index is 805. The first kappa shape index (κ1) is 20.5. The Morgan fingerprint density at radius 2 is 1.82 bits per heavy atom. The molecule has 0 spiro atoms. The molecule has 7 nitrogen and oxygen atoms in total. The first-order valence-corrected chi connectivity index (χ1v) is 9.63. The average Bonchev–Trinajstić information content (AvgIpc) is 3.03. The van der Waals surface area contributed by atoms with Crippen molar-refractivity contribution in [3.05, 3.63) is 41.7 Å². The van der Waals surface area contributed by atoms with Gasteiger partial charge in [0.15, 0.2) is 0 Å². The van der Waals surface area contributed by atoms with Crippen molar-refractivity contribution >= 4 is 17.7 Å². The number of aromatic nitrogens is 3. The van der Waals surface area contributed by atoms with E-state index in [4.69, 9.17) is 5.84 Å². The summed E-state index contributed by atoms with van der Waals surface area (Å²) in [6.07, 6.45) is -4.69. The van der Waals surface area contributed by atoms with Crippen LogP contribution in [0.2, 0.25) is 0 Å². The third-order valence-electron chi connectivity index (χ3n) is 4.48. The molecular weight excluding hydrogens is 393 g/mol. The molecule has 1 aromatic heterocycles. The molecule has 1 aromatic carbocycles. The molecule has 1 aliphatic heterocycles. The van der Waals surface area contributed by atoms with Crippen molar-refractivity contribution < 1.29 is 18.0 Å². The van der Waals surface area contributed by atoms with Gasteiger partial charge in [0.2, 0.25) is 11.1 Å². The standard InChI is InChI=1S/C17H21F3N6OS/c1-12(28-16-23-22-15(26(16)21)17(18,19)20)14(27)25-9-7-24(8-10-25)11-13-5-3-2-4-6-13/h2-6,12H,7-11,21H2,1H3. The second-order valence-corrected chi connectivity index (χ2v) is 7.83. The number of nitrogens with two attached hydrogens (primary N) is 1. The summed E-state index contributed by atoms with van der Waals surface area (Å²) in [4.78, 5) is 16.6. The van der Waals surface area contributed by atoms with E-state index < -0.39 is 17.3 Å². The highest BCUT2D eigenvalue weighted by Crippen LogP contribution is 2.30. The third-order valence-corrected chi connectivity index (χ3v) is 5.53. The molecule has 1 aliphatic rings. The predicted molar refractivity (Wildman–Crippen MR) is 98.8 cm³/mol. The summed E-state index contributed by atoms with van der Waals surface area (Å²) in [7, 11) is 0. The second-order valence-electron chi connectivity index (χ2n) is 6.52. The number of piperazine rings is 1. The van der Waals surface area contributed by atoms with Crippen molar-refractivity contribution in [1.82, 2.24) is 24.7 Å². The fourth-order valence-electron chi connectivity index (χ4n) is 2.98. The Hall–Kier alpha value is -2.27. The van der Waals surface area contributed by atoms with E-state index in [1.165, 1.54) is 5.56 Å². The predicted octanol–water partition coefficient (Wildman–Crippen LogP) is 1.84. The van der Waals surface area contributed by atoms with Crippen LogP contribution in [-0.4, -0.2) is 62.0 Å². The zero-order valence-electron chi connectivity index (χ0n) is 15.3. The summed E-state index contributed by atoms with van der Waals surface area (Å²) in [5.41, 5.74) is 1.22. The topological polar surface area (TPSA) is 80.3 Å². The van der Waals surface area contributed by atoms with E-state index in [9.17, 15) is 18.0 Å². The van der Waals surface area contributed by atoms with Gasteiger partial charge in [-0.1, -0.05) is 42.1 Å².